The van der Waals surface area contributed by atoms with E-state index >= 15 is 0 Å². The van der Waals surface area contributed by atoms with Crippen LogP contribution in [-0.2, 0) is 0 Å². The van der Waals surface area contributed by atoms with E-state index < -0.39 is 0 Å². The fourth-order valence-electron chi connectivity index (χ4n) is 2.65. The zero-order valence-corrected chi connectivity index (χ0v) is 11.4. The summed E-state index contributed by atoms with van der Waals surface area (Å²) in [6.07, 6.45) is 7.16. The molecule has 3 nitrogen and oxygen atoms in total. The number of aromatic nitrogens is 1. The van der Waals surface area contributed by atoms with Gasteiger partial charge >= 0.3 is 0 Å². The molecule has 3 N–H and O–H groups in total. The summed E-state index contributed by atoms with van der Waals surface area (Å²) in [4.78, 5) is 4.37. The second-order valence-electron chi connectivity index (χ2n) is 5.07. The van der Waals surface area contributed by atoms with Crippen molar-refractivity contribution in [2.75, 3.05) is 13.1 Å². The van der Waals surface area contributed by atoms with E-state index in [4.69, 9.17) is 5.73 Å². The maximum atomic E-state index is 5.84. The van der Waals surface area contributed by atoms with E-state index in [9.17, 15) is 0 Å². The van der Waals surface area contributed by atoms with Crippen LogP contribution < -0.4 is 11.1 Å². The number of hydrogen-bond donors (Lipinski definition) is 2. The molecular formula is C13H23N3S. The quantitative estimate of drug-likeness (QED) is 0.847. The highest BCUT2D eigenvalue weighted by Gasteiger charge is 2.24. The average molecular weight is 253 g/mol. The Morgan fingerprint density at radius 2 is 2.35 bits per heavy atom. The van der Waals surface area contributed by atoms with Crippen LogP contribution in [0.5, 0.6) is 0 Å². The number of thiazole rings is 1. The number of nitrogens with two attached hydrogens (primary N) is 1. The molecule has 0 aromatic carbocycles. The smallest absolute Gasteiger partial charge is 0.0965 e. The first-order valence-electron chi connectivity index (χ1n) is 6.64. The zero-order valence-electron chi connectivity index (χ0n) is 10.6. The molecule has 1 aromatic rings. The maximum absolute atomic E-state index is 5.84. The minimum absolute atomic E-state index is 0.510. The fraction of sp³-hybridized carbons (Fsp3) is 0.769. The Kier molecular flexibility index (Phi) is 4.95. The Morgan fingerprint density at radius 1 is 1.53 bits per heavy atom. The predicted molar refractivity (Wildman–Crippen MR) is 73.3 cm³/mol. The van der Waals surface area contributed by atoms with Gasteiger partial charge in [-0.25, -0.2) is 4.98 Å². The molecule has 0 aliphatic heterocycles. The van der Waals surface area contributed by atoms with Crippen LogP contribution in [0, 0.1) is 5.92 Å². The van der Waals surface area contributed by atoms with Crippen molar-refractivity contribution in [2.24, 2.45) is 11.7 Å². The van der Waals surface area contributed by atoms with Gasteiger partial charge in [0.25, 0.3) is 0 Å². The third-order valence-electron chi connectivity index (χ3n) is 3.77. The van der Waals surface area contributed by atoms with Crippen molar-refractivity contribution >= 4 is 11.3 Å². The van der Waals surface area contributed by atoms with E-state index in [2.05, 4.69) is 22.6 Å². The van der Waals surface area contributed by atoms with E-state index in [0.29, 0.717) is 17.9 Å². The topological polar surface area (TPSA) is 50.9 Å². The summed E-state index contributed by atoms with van der Waals surface area (Å²) in [7, 11) is 0. The number of rotatable bonds is 5. The molecular weight excluding hydrogens is 230 g/mol. The van der Waals surface area contributed by atoms with Crippen molar-refractivity contribution < 1.29 is 0 Å². The van der Waals surface area contributed by atoms with Gasteiger partial charge in [0.15, 0.2) is 0 Å². The molecule has 2 rings (SSSR count). The highest BCUT2D eigenvalue weighted by Crippen LogP contribution is 2.24. The lowest BCUT2D eigenvalue weighted by Crippen LogP contribution is -2.43. The molecule has 1 aliphatic carbocycles. The molecule has 17 heavy (non-hydrogen) atoms. The Morgan fingerprint density at radius 3 is 3.06 bits per heavy atom. The Labute approximate surface area is 108 Å². The van der Waals surface area contributed by atoms with Crippen LogP contribution in [0.3, 0.4) is 0 Å². The van der Waals surface area contributed by atoms with Crippen molar-refractivity contribution in [1.82, 2.24) is 10.3 Å². The van der Waals surface area contributed by atoms with Crippen LogP contribution in [0.25, 0.3) is 0 Å². The summed E-state index contributed by atoms with van der Waals surface area (Å²) in [5.41, 5.74) is 5.84. The summed E-state index contributed by atoms with van der Waals surface area (Å²) in [5.74, 6) is 1.18. The van der Waals surface area contributed by atoms with Crippen LogP contribution in [-0.4, -0.2) is 24.1 Å². The van der Waals surface area contributed by atoms with Gasteiger partial charge < -0.3 is 11.1 Å². The molecule has 0 saturated heterocycles. The second-order valence-corrected chi connectivity index (χ2v) is 5.99. The molecule has 4 heteroatoms. The van der Waals surface area contributed by atoms with Crippen molar-refractivity contribution in [3.63, 3.8) is 0 Å². The van der Waals surface area contributed by atoms with Crippen molar-refractivity contribution in [1.29, 1.82) is 0 Å². The first kappa shape index (κ1) is 13.0. The van der Waals surface area contributed by atoms with E-state index in [1.165, 1.54) is 30.7 Å². The van der Waals surface area contributed by atoms with E-state index in [-0.39, 0.29) is 0 Å². The van der Waals surface area contributed by atoms with Gasteiger partial charge in [0.2, 0.25) is 0 Å². The molecule has 1 aliphatic rings. The number of hydrogen-bond acceptors (Lipinski definition) is 4. The first-order valence-corrected chi connectivity index (χ1v) is 7.52. The van der Waals surface area contributed by atoms with Gasteiger partial charge in [-0.15, -0.1) is 11.3 Å². The molecule has 96 valence electrons. The summed E-state index contributed by atoms with van der Waals surface area (Å²) in [6, 6.07) is 0.621. The van der Waals surface area contributed by atoms with Crippen LogP contribution in [0.4, 0.5) is 0 Å². The van der Waals surface area contributed by atoms with E-state index in [0.717, 1.165) is 13.1 Å². The Bertz CT molecular complexity index is 312. The van der Waals surface area contributed by atoms with E-state index in [1.54, 1.807) is 11.3 Å². The van der Waals surface area contributed by atoms with Gasteiger partial charge in [-0.2, -0.15) is 0 Å². The van der Waals surface area contributed by atoms with Gasteiger partial charge in [-0.1, -0.05) is 19.8 Å². The fourth-order valence-corrected chi connectivity index (χ4v) is 3.35. The summed E-state index contributed by atoms with van der Waals surface area (Å²) < 4.78 is 0. The van der Waals surface area contributed by atoms with Gasteiger partial charge in [-0.3, -0.25) is 0 Å². The van der Waals surface area contributed by atoms with Gasteiger partial charge in [-0.05, 0) is 25.3 Å². The molecule has 1 fully saturated rings. The highest BCUT2D eigenvalue weighted by atomic mass is 32.1. The van der Waals surface area contributed by atoms with Crippen LogP contribution in [0.2, 0.25) is 0 Å². The second kappa shape index (κ2) is 6.47. The van der Waals surface area contributed by atoms with Gasteiger partial charge in [0.1, 0.15) is 0 Å². The Hall–Kier alpha value is -0.450. The minimum Gasteiger partial charge on any atom is -0.330 e. The summed E-state index contributed by atoms with van der Waals surface area (Å²) in [5, 5.41) is 6.98. The standard InChI is InChI=1S/C13H23N3S/c1-10(13-15-6-7-17-13)9-16-12-5-3-2-4-11(12)8-14/h6-7,10-12,16H,2-5,8-9,14H2,1H3. The third kappa shape index (κ3) is 3.50. The lowest BCUT2D eigenvalue weighted by molar-refractivity contribution is 0.265. The SMILES string of the molecule is CC(CNC1CCCCC1CN)c1nccs1. The predicted octanol–water partition coefficient (Wildman–Crippen LogP) is 2.35. The zero-order chi connectivity index (χ0) is 12.1. The molecule has 0 bridgehead atoms. The van der Waals surface area contributed by atoms with Crippen molar-refractivity contribution in [3.05, 3.63) is 16.6 Å². The molecule has 0 spiro atoms. The van der Waals surface area contributed by atoms with Gasteiger partial charge in [0.05, 0.1) is 5.01 Å². The molecule has 1 heterocycles. The lowest BCUT2D eigenvalue weighted by Gasteiger charge is -2.32. The Balaban J connectivity index is 1.80. The summed E-state index contributed by atoms with van der Waals surface area (Å²) in [6.45, 7) is 4.09. The lowest BCUT2D eigenvalue weighted by atomic mass is 9.84. The normalized spacial score (nSPS) is 26.9. The number of nitrogens with one attached hydrogen (secondary N) is 1. The molecule has 0 amide bonds. The largest absolute Gasteiger partial charge is 0.330 e. The van der Waals surface area contributed by atoms with Gasteiger partial charge in [0, 0.05) is 30.1 Å². The third-order valence-corrected chi connectivity index (χ3v) is 4.78. The van der Waals surface area contributed by atoms with E-state index in [1.807, 2.05) is 6.20 Å². The average Bonchev–Trinajstić information content (AvgIpc) is 2.90. The summed E-state index contributed by atoms with van der Waals surface area (Å²) >= 11 is 1.75. The van der Waals surface area contributed by atoms with Crippen molar-refractivity contribution in [2.45, 2.75) is 44.6 Å². The molecule has 3 unspecified atom stereocenters. The van der Waals surface area contributed by atoms with Crippen LogP contribution in [0.1, 0.15) is 43.5 Å². The molecule has 3 atom stereocenters. The van der Waals surface area contributed by atoms with Crippen LogP contribution >= 0.6 is 11.3 Å². The monoisotopic (exact) mass is 253 g/mol. The molecule has 0 radical (unpaired) electrons. The highest BCUT2D eigenvalue weighted by molar-refractivity contribution is 7.09. The minimum atomic E-state index is 0.510. The maximum Gasteiger partial charge on any atom is 0.0965 e. The number of nitrogens with zero attached hydrogens (tertiary/aromatic N) is 1. The van der Waals surface area contributed by atoms with Crippen LogP contribution in [0.15, 0.2) is 11.6 Å². The molecule has 1 saturated carbocycles. The van der Waals surface area contributed by atoms with Crippen molar-refractivity contribution in [3.8, 4) is 0 Å². The first-order chi connectivity index (χ1) is 8.31. The molecule has 1 aromatic heterocycles.